The lowest BCUT2D eigenvalue weighted by molar-refractivity contribution is -0.125. The van der Waals surface area contributed by atoms with Gasteiger partial charge in [-0.1, -0.05) is 0 Å². The van der Waals surface area contributed by atoms with Crippen molar-refractivity contribution >= 4 is 33.2 Å². The summed E-state index contributed by atoms with van der Waals surface area (Å²) in [4.78, 5) is 13.0. The Labute approximate surface area is 108 Å². The number of carbonyl (C=O) groups is 1. The summed E-state index contributed by atoms with van der Waals surface area (Å²) < 4.78 is 1.08. The maximum Gasteiger partial charge on any atom is 0.224 e. The Morgan fingerprint density at radius 3 is 3.19 bits per heavy atom. The molecule has 1 atom stereocenters. The summed E-state index contributed by atoms with van der Waals surface area (Å²) in [6, 6.07) is 2.01. The normalized spacial score (nSPS) is 20.7. The van der Waals surface area contributed by atoms with Gasteiger partial charge in [0.05, 0.1) is 12.5 Å². The summed E-state index contributed by atoms with van der Waals surface area (Å²) in [7, 11) is 0. The maximum absolute atomic E-state index is 11.8. The van der Waals surface area contributed by atoms with E-state index in [9.17, 15) is 4.79 Å². The predicted octanol–water partition coefficient (Wildman–Crippen LogP) is 2.13. The van der Waals surface area contributed by atoms with E-state index in [0.29, 0.717) is 6.54 Å². The van der Waals surface area contributed by atoms with Gasteiger partial charge in [0, 0.05) is 15.9 Å². The molecule has 1 aliphatic heterocycles. The fraction of sp³-hybridized carbons (Fsp3) is 0.545. The Bertz CT molecular complexity index is 361. The second-order valence-electron chi connectivity index (χ2n) is 3.95. The van der Waals surface area contributed by atoms with Gasteiger partial charge in [0.15, 0.2) is 0 Å². The molecule has 1 aromatic rings. The molecule has 0 saturated carbocycles. The third kappa shape index (κ3) is 3.06. The molecule has 1 fully saturated rings. The van der Waals surface area contributed by atoms with Gasteiger partial charge in [-0.25, -0.2) is 0 Å². The highest BCUT2D eigenvalue weighted by atomic mass is 79.9. The molecule has 0 aromatic carbocycles. The van der Waals surface area contributed by atoms with Crippen molar-refractivity contribution in [2.24, 2.45) is 5.92 Å². The van der Waals surface area contributed by atoms with Gasteiger partial charge in [-0.3, -0.25) is 4.79 Å². The zero-order chi connectivity index (χ0) is 11.4. The zero-order valence-corrected chi connectivity index (χ0v) is 11.4. The number of halogens is 1. The smallest absolute Gasteiger partial charge is 0.224 e. The van der Waals surface area contributed by atoms with Crippen LogP contribution in [0.15, 0.2) is 15.9 Å². The maximum atomic E-state index is 11.8. The standard InChI is InChI=1S/C11H15BrN2OS/c12-9-3-5-16-10(9)7-14-11(15)8-2-1-4-13-6-8/h3,5,8,13H,1-2,4,6-7H2,(H,14,15)/t8-/m0/s1. The first-order valence-electron chi connectivity index (χ1n) is 5.47. The minimum atomic E-state index is 0.146. The van der Waals surface area contributed by atoms with Crippen LogP contribution in [0.25, 0.3) is 0 Å². The van der Waals surface area contributed by atoms with E-state index in [-0.39, 0.29) is 11.8 Å². The van der Waals surface area contributed by atoms with Crippen molar-refractivity contribution in [2.45, 2.75) is 19.4 Å². The molecule has 2 heterocycles. The summed E-state index contributed by atoms with van der Waals surface area (Å²) in [5.74, 6) is 0.319. The van der Waals surface area contributed by atoms with E-state index in [1.165, 1.54) is 4.88 Å². The molecule has 2 N–H and O–H groups in total. The Kier molecular flexibility index (Phi) is 4.37. The van der Waals surface area contributed by atoms with E-state index in [1.807, 2.05) is 11.4 Å². The van der Waals surface area contributed by atoms with Crippen LogP contribution in [0.1, 0.15) is 17.7 Å². The van der Waals surface area contributed by atoms with Gasteiger partial charge in [-0.05, 0) is 46.8 Å². The first-order valence-corrected chi connectivity index (χ1v) is 7.15. The molecule has 0 radical (unpaired) electrons. The summed E-state index contributed by atoms with van der Waals surface area (Å²) >= 11 is 5.12. The minimum absolute atomic E-state index is 0.146. The van der Waals surface area contributed by atoms with E-state index in [1.54, 1.807) is 11.3 Å². The van der Waals surface area contributed by atoms with Crippen molar-refractivity contribution < 1.29 is 4.79 Å². The first-order chi connectivity index (χ1) is 7.77. The molecule has 0 aliphatic carbocycles. The summed E-state index contributed by atoms with van der Waals surface area (Å²) in [5.41, 5.74) is 0. The number of nitrogens with one attached hydrogen (secondary N) is 2. The van der Waals surface area contributed by atoms with E-state index < -0.39 is 0 Å². The summed E-state index contributed by atoms with van der Waals surface area (Å²) in [6.07, 6.45) is 2.10. The molecule has 88 valence electrons. The minimum Gasteiger partial charge on any atom is -0.351 e. The van der Waals surface area contributed by atoms with Crippen LogP contribution < -0.4 is 10.6 Å². The molecular weight excluding hydrogens is 288 g/mol. The monoisotopic (exact) mass is 302 g/mol. The predicted molar refractivity (Wildman–Crippen MR) is 69.5 cm³/mol. The van der Waals surface area contributed by atoms with E-state index >= 15 is 0 Å². The van der Waals surface area contributed by atoms with Gasteiger partial charge in [-0.15, -0.1) is 11.3 Å². The third-order valence-corrected chi connectivity index (χ3v) is 4.71. The Hall–Kier alpha value is -0.390. The van der Waals surface area contributed by atoms with Gasteiger partial charge in [0.25, 0.3) is 0 Å². The van der Waals surface area contributed by atoms with Gasteiger partial charge in [0.1, 0.15) is 0 Å². The first kappa shape index (κ1) is 12.1. The average Bonchev–Trinajstić information content (AvgIpc) is 2.73. The highest BCUT2D eigenvalue weighted by Gasteiger charge is 2.20. The fourth-order valence-corrected chi connectivity index (χ4v) is 3.27. The number of hydrogen-bond donors (Lipinski definition) is 2. The molecule has 2 rings (SSSR count). The Balaban J connectivity index is 1.81. The number of piperidine rings is 1. The number of rotatable bonds is 3. The van der Waals surface area contributed by atoms with Crippen molar-refractivity contribution in [3.8, 4) is 0 Å². The Morgan fingerprint density at radius 1 is 1.69 bits per heavy atom. The van der Waals surface area contributed by atoms with Gasteiger partial charge in [0.2, 0.25) is 5.91 Å². The van der Waals surface area contributed by atoms with Crippen LogP contribution in [-0.2, 0) is 11.3 Å². The third-order valence-electron chi connectivity index (χ3n) is 2.78. The lowest BCUT2D eigenvalue weighted by atomic mass is 9.99. The second kappa shape index (κ2) is 5.80. The van der Waals surface area contributed by atoms with Crippen LogP contribution >= 0.6 is 27.3 Å². The molecule has 1 saturated heterocycles. The topological polar surface area (TPSA) is 41.1 Å². The fourth-order valence-electron chi connectivity index (χ4n) is 1.84. The molecule has 16 heavy (non-hydrogen) atoms. The molecule has 1 aromatic heterocycles. The zero-order valence-electron chi connectivity index (χ0n) is 8.96. The molecule has 1 aliphatic rings. The largest absolute Gasteiger partial charge is 0.351 e. The van der Waals surface area contributed by atoms with Crippen LogP contribution in [0.2, 0.25) is 0 Å². The van der Waals surface area contributed by atoms with E-state index in [4.69, 9.17) is 0 Å². The summed E-state index contributed by atoms with van der Waals surface area (Å²) in [5, 5.41) is 8.27. The average molecular weight is 303 g/mol. The number of hydrogen-bond acceptors (Lipinski definition) is 3. The summed E-state index contributed by atoms with van der Waals surface area (Å²) in [6.45, 7) is 2.49. The van der Waals surface area contributed by atoms with Crippen molar-refractivity contribution in [1.82, 2.24) is 10.6 Å². The van der Waals surface area contributed by atoms with Crippen molar-refractivity contribution in [3.05, 3.63) is 20.8 Å². The van der Waals surface area contributed by atoms with Crippen LogP contribution in [0.5, 0.6) is 0 Å². The highest BCUT2D eigenvalue weighted by molar-refractivity contribution is 9.10. The number of amides is 1. The SMILES string of the molecule is O=C(NCc1sccc1Br)[C@H]1CCCNC1. The molecular formula is C11H15BrN2OS. The number of carbonyl (C=O) groups excluding carboxylic acids is 1. The van der Waals surface area contributed by atoms with Crippen LogP contribution in [0, 0.1) is 5.92 Å². The second-order valence-corrected chi connectivity index (χ2v) is 5.81. The Morgan fingerprint density at radius 2 is 2.56 bits per heavy atom. The number of thiophene rings is 1. The van der Waals surface area contributed by atoms with E-state index in [0.717, 1.165) is 30.4 Å². The quantitative estimate of drug-likeness (QED) is 0.898. The lowest BCUT2D eigenvalue weighted by Gasteiger charge is -2.21. The van der Waals surface area contributed by atoms with Gasteiger partial charge < -0.3 is 10.6 Å². The molecule has 0 bridgehead atoms. The van der Waals surface area contributed by atoms with Crippen molar-refractivity contribution in [2.75, 3.05) is 13.1 Å². The van der Waals surface area contributed by atoms with Crippen LogP contribution in [-0.4, -0.2) is 19.0 Å². The van der Waals surface area contributed by atoms with Gasteiger partial charge in [-0.2, -0.15) is 0 Å². The molecule has 1 amide bonds. The lowest BCUT2D eigenvalue weighted by Crippen LogP contribution is -2.40. The van der Waals surface area contributed by atoms with Crippen molar-refractivity contribution in [3.63, 3.8) is 0 Å². The highest BCUT2D eigenvalue weighted by Crippen LogP contribution is 2.22. The van der Waals surface area contributed by atoms with Crippen LogP contribution in [0.4, 0.5) is 0 Å². The molecule has 3 nitrogen and oxygen atoms in total. The molecule has 5 heteroatoms. The van der Waals surface area contributed by atoms with Crippen LogP contribution in [0.3, 0.4) is 0 Å². The van der Waals surface area contributed by atoms with E-state index in [2.05, 4.69) is 26.6 Å². The van der Waals surface area contributed by atoms with Crippen molar-refractivity contribution in [1.29, 1.82) is 0 Å². The van der Waals surface area contributed by atoms with Gasteiger partial charge >= 0.3 is 0 Å². The molecule has 0 unspecified atom stereocenters. The molecule has 0 spiro atoms.